The summed E-state index contributed by atoms with van der Waals surface area (Å²) in [5, 5.41) is 6.23. The fourth-order valence-electron chi connectivity index (χ4n) is 2.35. The van der Waals surface area contributed by atoms with E-state index in [0.717, 1.165) is 25.9 Å². The first-order chi connectivity index (χ1) is 8.31. The number of amides is 1. The van der Waals surface area contributed by atoms with Crippen molar-refractivity contribution < 1.29 is 4.79 Å². The molecule has 1 aromatic rings. The zero-order valence-electron chi connectivity index (χ0n) is 10.4. The van der Waals surface area contributed by atoms with Crippen LogP contribution in [0.3, 0.4) is 0 Å². The van der Waals surface area contributed by atoms with Crippen molar-refractivity contribution in [2.45, 2.75) is 32.7 Å². The van der Waals surface area contributed by atoms with Crippen molar-refractivity contribution in [3.63, 3.8) is 0 Å². The van der Waals surface area contributed by atoms with Crippen molar-refractivity contribution in [2.75, 3.05) is 13.1 Å². The van der Waals surface area contributed by atoms with Crippen LogP contribution in [-0.2, 0) is 24.2 Å². The lowest BCUT2D eigenvalue weighted by Crippen LogP contribution is -2.26. The summed E-state index contributed by atoms with van der Waals surface area (Å²) in [6.45, 7) is 4.67. The lowest BCUT2D eigenvalue weighted by molar-refractivity contribution is -0.120. The number of benzene rings is 1. The zero-order chi connectivity index (χ0) is 12.1. The third-order valence-corrected chi connectivity index (χ3v) is 3.24. The van der Waals surface area contributed by atoms with Gasteiger partial charge in [0.05, 0.1) is 0 Å². The van der Waals surface area contributed by atoms with E-state index in [0.29, 0.717) is 13.0 Å². The maximum absolute atomic E-state index is 11.5. The van der Waals surface area contributed by atoms with Crippen LogP contribution < -0.4 is 10.6 Å². The molecule has 0 aliphatic carbocycles. The van der Waals surface area contributed by atoms with Crippen molar-refractivity contribution >= 4 is 5.91 Å². The van der Waals surface area contributed by atoms with Crippen LogP contribution in [0.15, 0.2) is 18.2 Å². The molecule has 1 amide bonds. The molecule has 1 aliphatic rings. The topological polar surface area (TPSA) is 41.1 Å². The van der Waals surface area contributed by atoms with Crippen molar-refractivity contribution in [3.8, 4) is 0 Å². The number of hydrogen-bond acceptors (Lipinski definition) is 2. The van der Waals surface area contributed by atoms with Crippen LogP contribution in [-0.4, -0.2) is 19.0 Å². The van der Waals surface area contributed by atoms with E-state index < -0.39 is 0 Å². The van der Waals surface area contributed by atoms with Gasteiger partial charge < -0.3 is 10.6 Å². The molecule has 0 saturated heterocycles. The van der Waals surface area contributed by atoms with Gasteiger partial charge in [0.2, 0.25) is 5.91 Å². The molecule has 3 nitrogen and oxygen atoms in total. The highest BCUT2D eigenvalue weighted by atomic mass is 16.1. The Morgan fingerprint density at radius 1 is 1.47 bits per heavy atom. The number of hydrogen-bond donors (Lipinski definition) is 2. The van der Waals surface area contributed by atoms with Gasteiger partial charge in [-0.1, -0.05) is 18.2 Å². The van der Waals surface area contributed by atoms with Gasteiger partial charge in [0.25, 0.3) is 0 Å². The average molecular weight is 232 g/mol. The second-order valence-electron chi connectivity index (χ2n) is 4.44. The van der Waals surface area contributed by atoms with E-state index in [2.05, 4.69) is 28.8 Å². The monoisotopic (exact) mass is 232 g/mol. The summed E-state index contributed by atoms with van der Waals surface area (Å²) in [6.07, 6.45) is 2.53. The van der Waals surface area contributed by atoms with Crippen LogP contribution in [0, 0.1) is 0 Å². The fraction of sp³-hybridized carbons (Fsp3) is 0.500. The molecule has 1 aromatic carbocycles. The first-order valence-electron chi connectivity index (χ1n) is 6.38. The fourth-order valence-corrected chi connectivity index (χ4v) is 2.35. The molecule has 1 aliphatic heterocycles. The summed E-state index contributed by atoms with van der Waals surface area (Å²) < 4.78 is 0. The number of nitrogens with one attached hydrogen (secondary N) is 2. The second-order valence-corrected chi connectivity index (χ2v) is 4.44. The summed E-state index contributed by atoms with van der Waals surface area (Å²) in [7, 11) is 0. The molecule has 92 valence electrons. The van der Waals surface area contributed by atoms with Crippen LogP contribution in [0.5, 0.6) is 0 Å². The van der Waals surface area contributed by atoms with Crippen LogP contribution in [0.2, 0.25) is 0 Å². The highest BCUT2D eigenvalue weighted by Crippen LogP contribution is 2.19. The Kier molecular flexibility index (Phi) is 4.15. The molecule has 0 unspecified atom stereocenters. The molecule has 0 radical (unpaired) electrons. The normalized spacial score (nSPS) is 14.2. The molecule has 3 heteroatoms. The predicted molar refractivity (Wildman–Crippen MR) is 68.9 cm³/mol. The molecule has 0 aromatic heterocycles. The maximum atomic E-state index is 11.5. The first-order valence-corrected chi connectivity index (χ1v) is 6.38. The van der Waals surface area contributed by atoms with Gasteiger partial charge in [-0.05, 0) is 43.0 Å². The molecule has 17 heavy (non-hydrogen) atoms. The zero-order valence-corrected chi connectivity index (χ0v) is 10.4. The van der Waals surface area contributed by atoms with Crippen molar-refractivity contribution in [1.29, 1.82) is 0 Å². The molecular formula is C14H20N2O. The van der Waals surface area contributed by atoms with Crippen LogP contribution in [0.25, 0.3) is 0 Å². The van der Waals surface area contributed by atoms with E-state index in [1.165, 1.54) is 16.7 Å². The summed E-state index contributed by atoms with van der Waals surface area (Å²) in [4.78, 5) is 11.5. The summed E-state index contributed by atoms with van der Waals surface area (Å²) in [6, 6.07) is 6.45. The third-order valence-electron chi connectivity index (χ3n) is 3.24. The minimum absolute atomic E-state index is 0.147. The Hall–Kier alpha value is -1.35. The highest BCUT2D eigenvalue weighted by molar-refractivity contribution is 5.76. The molecule has 1 heterocycles. The number of carbonyl (C=O) groups excluding carboxylic acids is 1. The first kappa shape index (κ1) is 12.1. The van der Waals surface area contributed by atoms with Gasteiger partial charge in [-0.3, -0.25) is 4.79 Å². The standard InChI is InChI=1S/C14H20N2O/c1-2-16-14(17)7-6-11-4-3-5-12-8-9-15-10-13(11)12/h3-5,15H,2,6-10H2,1H3,(H,16,17). The second kappa shape index (κ2) is 5.82. The molecule has 2 N–H and O–H groups in total. The summed E-state index contributed by atoms with van der Waals surface area (Å²) in [5.74, 6) is 0.147. The highest BCUT2D eigenvalue weighted by Gasteiger charge is 2.12. The van der Waals surface area contributed by atoms with E-state index in [1.54, 1.807) is 0 Å². The van der Waals surface area contributed by atoms with Gasteiger partial charge in [-0.25, -0.2) is 0 Å². The van der Waals surface area contributed by atoms with Crippen molar-refractivity contribution in [1.82, 2.24) is 10.6 Å². The van der Waals surface area contributed by atoms with E-state index >= 15 is 0 Å². The Balaban J connectivity index is 2.03. The maximum Gasteiger partial charge on any atom is 0.220 e. The Labute approximate surface area is 103 Å². The van der Waals surface area contributed by atoms with Gasteiger partial charge in [0, 0.05) is 19.5 Å². The Bertz CT molecular complexity index is 401. The number of rotatable bonds is 4. The Morgan fingerprint density at radius 2 is 2.35 bits per heavy atom. The van der Waals surface area contributed by atoms with Crippen LogP contribution in [0.1, 0.15) is 30.0 Å². The van der Waals surface area contributed by atoms with Gasteiger partial charge in [-0.15, -0.1) is 0 Å². The lowest BCUT2D eigenvalue weighted by Gasteiger charge is -2.20. The Morgan fingerprint density at radius 3 is 3.18 bits per heavy atom. The number of aryl methyl sites for hydroxylation is 1. The largest absolute Gasteiger partial charge is 0.356 e. The smallest absolute Gasteiger partial charge is 0.220 e. The molecule has 0 bridgehead atoms. The predicted octanol–water partition coefficient (Wildman–Crippen LogP) is 1.40. The van der Waals surface area contributed by atoms with Gasteiger partial charge in [0.15, 0.2) is 0 Å². The summed E-state index contributed by atoms with van der Waals surface area (Å²) in [5.41, 5.74) is 4.17. The van der Waals surface area contributed by atoms with E-state index in [9.17, 15) is 4.79 Å². The quantitative estimate of drug-likeness (QED) is 0.824. The molecule has 0 fully saturated rings. The van der Waals surface area contributed by atoms with Crippen molar-refractivity contribution in [3.05, 3.63) is 34.9 Å². The third kappa shape index (κ3) is 3.07. The van der Waals surface area contributed by atoms with E-state index in [-0.39, 0.29) is 5.91 Å². The summed E-state index contributed by atoms with van der Waals surface area (Å²) >= 11 is 0. The van der Waals surface area contributed by atoms with Crippen LogP contribution in [0.4, 0.5) is 0 Å². The van der Waals surface area contributed by atoms with Gasteiger partial charge in [-0.2, -0.15) is 0 Å². The molecule has 0 atom stereocenters. The minimum atomic E-state index is 0.147. The molecule has 0 spiro atoms. The molecule has 0 saturated carbocycles. The number of fused-ring (bicyclic) bond motifs is 1. The van der Waals surface area contributed by atoms with Gasteiger partial charge >= 0.3 is 0 Å². The van der Waals surface area contributed by atoms with Crippen molar-refractivity contribution in [2.24, 2.45) is 0 Å². The SMILES string of the molecule is CCNC(=O)CCc1cccc2c1CNCC2. The van der Waals surface area contributed by atoms with E-state index in [4.69, 9.17) is 0 Å². The van der Waals surface area contributed by atoms with Gasteiger partial charge in [0.1, 0.15) is 0 Å². The molecular weight excluding hydrogens is 212 g/mol. The molecule has 2 rings (SSSR count). The number of carbonyl (C=O) groups is 1. The average Bonchev–Trinajstić information content (AvgIpc) is 2.36. The minimum Gasteiger partial charge on any atom is -0.356 e. The lowest BCUT2D eigenvalue weighted by atomic mass is 9.93. The van der Waals surface area contributed by atoms with Crippen LogP contribution >= 0.6 is 0 Å². The van der Waals surface area contributed by atoms with E-state index in [1.807, 2.05) is 6.92 Å².